The van der Waals surface area contributed by atoms with E-state index in [0.29, 0.717) is 48.1 Å². The fourth-order valence-corrected chi connectivity index (χ4v) is 7.90. The summed E-state index contributed by atoms with van der Waals surface area (Å²) in [5.74, 6) is 0.136. The second-order valence-electron chi connectivity index (χ2n) is 11.5. The molecule has 1 aliphatic carbocycles. The van der Waals surface area contributed by atoms with E-state index in [1.165, 1.54) is 30.5 Å². The molecule has 1 saturated heterocycles. The van der Waals surface area contributed by atoms with Crippen LogP contribution in [0, 0.1) is 5.92 Å². The number of rotatable bonds is 8. The molecule has 0 saturated carbocycles. The van der Waals surface area contributed by atoms with Crippen molar-refractivity contribution in [2.24, 2.45) is 5.92 Å². The number of piperidine rings is 1. The van der Waals surface area contributed by atoms with Gasteiger partial charge >= 0.3 is 0 Å². The predicted molar refractivity (Wildman–Crippen MR) is 166 cm³/mol. The van der Waals surface area contributed by atoms with Gasteiger partial charge in [-0.25, -0.2) is 8.42 Å². The average Bonchev–Trinajstić information content (AvgIpc) is 2.98. The molecule has 2 bridgehead atoms. The molecule has 1 aromatic heterocycles. The Labute approximate surface area is 251 Å². The molecule has 10 heteroatoms. The van der Waals surface area contributed by atoms with Crippen LogP contribution in [0.4, 0.5) is 11.4 Å². The molecule has 2 aromatic carbocycles. The Balaban J connectivity index is 1.29. The van der Waals surface area contributed by atoms with Gasteiger partial charge in [0, 0.05) is 54.4 Å². The number of amides is 1. The summed E-state index contributed by atoms with van der Waals surface area (Å²) in [6.45, 7) is 2.46. The van der Waals surface area contributed by atoms with Crippen molar-refractivity contribution < 1.29 is 13.2 Å². The van der Waals surface area contributed by atoms with E-state index in [2.05, 4.69) is 21.0 Å². The molecular formula is C32H35ClN4O4S. The maximum atomic E-state index is 13.5. The first-order valence-corrected chi connectivity index (χ1v) is 16.5. The second kappa shape index (κ2) is 12.0. The van der Waals surface area contributed by atoms with Crippen LogP contribution in [0.3, 0.4) is 0 Å². The molecule has 1 fully saturated rings. The number of allylic oxidation sites excluding steroid dienone is 1. The molecule has 6 rings (SSSR count). The van der Waals surface area contributed by atoms with E-state index in [1.54, 1.807) is 36.4 Å². The molecule has 220 valence electrons. The summed E-state index contributed by atoms with van der Waals surface area (Å²) in [7, 11) is -3.99. The van der Waals surface area contributed by atoms with E-state index in [9.17, 15) is 18.0 Å². The molecule has 3 heterocycles. The Morgan fingerprint density at radius 3 is 2.67 bits per heavy atom. The zero-order chi connectivity index (χ0) is 29.3. The lowest BCUT2D eigenvalue weighted by atomic mass is 9.83. The maximum Gasteiger partial charge on any atom is 0.262 e. The number of pyridine rings is 1. The molecular weight excluding hydrogens is 572 g/mol. The van der Waals surface area contributed by atoms with Crippen molar-refractivity contribution in [1.82, 2.24) is 9.88 Å². The summed E-state index contributed by atoms with van der Waals surface area (Å²) in [6.07, 6.45) is 8.66. The molecule has 3 aliphatic rings. The highest BCUT2D eigenvalue weighted by Crippen LogP contribution is 2.40. The molecule has 2 atom stereocenters. The van der Waals surface area contributed by atoms with E-state index in [1.807, 2.05) is 16.7 Å². The van der Waals surface area contributed by atoms with Gasteiger partial charge in [0.15, 0.2) is 0 Å². The first-order chi connectivity index (χ1) is 20.3. The van der Waals surface area contributed by atoms with Crippen molar-refractivity contribution in [3.05, 3.63) is 98.9 Å². The van der Waals surface area contributed by atoms with E-state index < -0.39 is 10.0 Å². The summed E-state index contributed by atoms with van der Waals surface area (Å²) in [4.78, 5) is 27.9. The van der Waals surface area contributed by atoms with Crippen LogP contribution in [0.2, 0.25) is 5.02 Å². The molecule has 42 heavy (non-hydrogen) atoms. The lowest BCUT2D eigenvalue weighted by molar-refractivity contribution is 0.0954. The van der Waals surface area contributed by atoms with Crippen LogP contribution >= 0.6 is 11.6 Å². The minimum absolute atomic E-state index is 0.0146. The molecule has 0 unspecified atom stereocenters. The number of fused-ring (bicyclic) bond motifs is 4. The van der Waals surface area contributed by atoms with Gasteiger partial charge in [-0.15, -0.1) is 0 Å². The Kier molecular flexibility index (Phi) is 8.14. The third kappa shape index (κ3) is 6.13. The van der Waals surface area contributed by atoms with Crippen LogP contribution < -0.4 is 20.5 Å². The summed E-state index contributed by atoms with van der Waals surface area (Å²) in [5, 5.41) is 3.32. The number of nitrogens with zero attached hydrogens (tertiary/aromatic N) is 2. The molecule has 2 N–H and O–H groups in total. The number of aromatic nitrogens is 1. The Morgan fingerprint density at radius 1 is 1.00 bits per heavy atom. The smallest absolute Gasteiger partial charge is 0.262 e. The quantitative estimate of drug-likeness (QED) is 0.328. The molecule has 2 aliphatic heterocycles. The van der Waals surface area contributed by atoms with E-state index >= 15 is 0 Å². The van der Waals surface area contributed by atoms with Gasteiger partial charge in [0.25, 0.3) is 21.5 Å². The number of hydrogen-bond acceptors (Lipinski definition) is 5. The lowest BCUT2D eigenvalue weighted by Gasteiger charge is -2.44. The number of sulfonamides is 1. The Hall–Kier alpha value is -3.56. The Morgan fingerprint density at radius 2 is 1.86 bits per heavy atom. The monoisotopic (exact) mass is 606 g/mol. The first kappa shape index (κ1) is 28.6. The van der Waals surface area contributed by atoms with Crippen molar-refractivity contribution in [2.45, 2.75) is 55.9 Å². The lowest BCUT2D eigenvalue weighted by Crippen LogP contribution is -2.47. The number of carbonyl (C=O) groups excluding carboxylic acids is 1. The van der Waals surface area contributed by atoms with Gasteiger partial charge in [0.1, 0.15) is 0 Å². The highest BCUT2D eigenvalue weighted by molar-refractivity contribution is 7.92. The normalized spacial score (nSPS) is 19.9. The molecule has 0 spiro atoms. The summed E-state index contributed by atoms with van der Waals surface area (Å²) in [5.41, 5.74) is 3.82. The van der Waals surface area contributed by atoms with Crippen LogP contribution in [0.15, 0.2) is 82.0 Å². The van der Waals surface area contributed by atoms with Crippen molar-refractivity contribution >= 4 is 38.9 Å². The van der Waals surface area contributed by atoms with Gasteiger partial charge in [-0.3, -0.25) is 14.3 Å². The minimum Gasteiger partial charge on any atom is -0.369 e. The van der Waals surface area contributed by atoms with Crippen molar-refractivity contribution in [3.8, 4) is 0 Å². The van der Waals surface area contributed by atoms with Gasteiger partial charge in [-0.05, 0) is 86.9 Å². The topological polar surface area (TPSA) is 101 Å². The SMILES string of the molecule is O=C(NCCC1=CCCCC1)c1ccc(N2C[C@H]3C[C@@H](C2)c2cccc(=O)n2C3)c(NS(=O)(=O)c2cccc(Cl)c2)c1. The largest absolute Gasteiger partial charge is 0.369 e. The summed E-state index contributed by atoms with van der Waals surface area (Å²) < 4.78 is 31.6. The zero-order valence-corrected chi connectivity index (χ0v) is 25.0. The number of carbonyl (C=O) groups is 1. The predicted octanol–water partition coefficient (Wildman–Crippen LogP) is 5.55. The van der Waals surface area contributed by atoms with Crippen LogP contribution in [0.25, 0.3) is 0 Å². The van der Waals surface area contributed by atoms with E-state index in [0.717, 1.165) is 31.4 Å². The zero-order valence-electron chi connectivity index (χ0n) is 23.4. The molecule has 8 nitrogen and oxygen atoms in total. The average molecular weight is 607 g/mol. The highest BCUT2D eigenvalue weighted by atomic mass is 35.5. The summed E-state index contributed by atoms with van der Waals surface area (Å²) >= 11 is 6.10. The summed E-state index contributed by atoms with van der Waals surface area (Å²) in [6, 6.07) is 16.7. The molecule has 1 amide bonds. The maximum absolute atomic E-state index is 13.5. The van der Waals surface area contributed by atoms with E-state index in [-0.39, 0.29) is 28.2 Å². The number of anilines is 2. The third-order valence-electron chi connectivity index (χ3n) is 8.55. The van der Waals surface area contributed by atoms with Crippen molar-refractivity contribution in [1.29, 1.82) is 0 Å². The fourth-order valence-electron chi connectivity index (χ4n) is 6.54. The van der Waals surface area contributed by atoms with Crippen LogP contribution in [0.5, 0.6) is 0 Å². The van der Waals surface area contributed by atoms with Crippen molar-refractivity contribution in [2.75, 3.05) is 29.3 Å². The first-order valence-electron chi connectivity index (χ1n) is 14.6. The number of benzene rings is 2. The number of nitrogens with one attached hydrogen (secondary N) is 2. The number of halogens is 1. The second-order valence-corrected chi connectivity index (χ2v) is 13.6. The molecule has 0 radical (unpaired) electrons. The van der Waals surface area contributed by atoms with Gasteiger partial charge in [-0.1, -0.05) is 35.4 Å². The third-order valence-corrected chi connectivity index (χ3v) is 10.1. The van der Waals surface area contributed by atoms with Crippen LogP contribution in [-0.2, 0) is 16.6 Å². The van der Waals surface area contributed by atoms with Crippen LogP contribution in [-0.4, -0.2) is 38.5 Å². The van der Waals surface area contributed by atoms with Crippen molar-refractivity contribution in [3.63, 3.8) is 0 Å². The fraction of sp³-hybridized carbons (Fsp3) is 0.375. The standard InChI is InChI=1S/C32H35ClN4O4S/c33-26-8-4-9-27(18-26)42(40,41)35-28-17-24(32(39)34-15-14-22-6-2-1-3-7-22)12-13-30(28)36-19-23-16-25(21-36)29-10-5-11-31(38)37(29)20-23/h4-6,8-13,17-18,23,25,35H,1-3,7,14-16,19-21H2,(H,34,39)/t23-,25+/m1/s1. The van der Waals surface area contributed by atoms with Gasteiger partial charge < -0.3 is 14.8 Å². The van der Waals surface area contributed by atoms with E-state index in [4.69, 9.17) is 11.6 Å². The van der Waals surface area contributed by atoms with Crippen LogP contribution in [0.1, 0.15) is 60.5 Å². The Bertz CT molecular complexity index is 1700. The molecule has 3 aromatic rings. The van der Waals surface area contributed by atoms with Gasteiger partial charge in [-0.2, -0.15) is 0 Å². The minimum atomic E-state index is -3.99. The number of hydrogen-bond donors (Lipinski definition) is 2. The van der Waals surface area contributed by atoms with Gasteiger partial charge in [0.05, 0.1) is 16.3 Å². The highest BCUT2D eigenvalue weighted by Gasteiger charge is 2.35. The van der Waals surface area contributed by atoms with Gasteiger partial charge in [0.2, 0.25) is 0 Å².